The molecule has 3 aromatic carbocycles. The molecular weight excluding hydrogens is 638 g/mol. The van der Waals surface area contributed by atoms with Crippen LogP contribution in [0.1, 0.15) is 88.2 Å². The summed E-state index contributed by atoms with van der Waals surface area (Å²) in [6.45, 7) is 6.86. The highest BCUT2D eigenvalue weighted by Crippen LogP contribution is 2.34. The first kappa shape index (κ1) is 34.0. The number of imide groups is 2. The number of anilines is 1. The second-order valence-electron chi connectivity index (χ2n) is 12.7. The van der Waals surface area contributed by atoms with Crippen LogP contribution in [0, 0.1) is 0 Å². The van der Waals surface area contributed by atoms with Crippen LogP contribution < -0.4 is 20.1 Å². The molecule has 2 aliphatic heterocycles. The van der Waals surface area contributed by atoms with E-state index < -0.39 is 29.7 Å². The summed E-state index contributed by atoms with van der Waals surface area (Å²) in [6, 6.07) is 21.6. The van der Waals surface area contributed by atoms with Gasteiger partial charge >= 0.3 is 0 Å². The van der Waals surface area contributed by atoms with Crippen molar-refractivity contribution in [1.29, 1.82) is 0 Å². The Kier molecular flexibility index (Phi) is 9.71. The Hall–Kier alpha value is -5.91. The number of nitrogens with zero attached hydrogens (tertiary/aromatic N) is 3. The molecule has 1 aromatic heterocycles. The highest BCUT2D eigenvalue weighted by Gasteiger charge is 2.45. The van der Waals surface area contributed by atoms with Gasteiger partial charge < -0.3 is 14.8 Å². The minimum atomic E-state index is -1.01. The lowest BCUT2D eigenvalue weighted by Crippen LogP contribution is -2.54. The summed E-state index contributed by atoms with van der Waals surface area (Å²) in [7, 11) is 0. The Morgan fingerprint density at radius 3 is 2.26 bits per heavy atom. The molecule has 256 valence electrons. The van der Waals surface area contributed by atoms with Crippen molar-refractivity contribution in [1.82, 2.24) is 20.2 Å². The predicted molar refractivity (Wildman–Crippen MR) is 183 cm³/mol. The monoisotopic (exact) mass is 675 g/mol. The molecule has 0 aliphatic carbocycles. The van der Waals surface area contributed by atoms with Gasteiger partial charge in [-0.3, -0.25) is 34.2 Å². The number of carbonyl (C=O) groups excluding carboxylic acids is 5. The summed E-state index contributed by atoms with van der Waals surface area (Å²) in [5.41, 5.74) is 3.54. The summed E-state index contributed by atoms with van der Waals surface area (Å²) in [6.07, 6.45) is 2.35. The molecule has 0 radical (unpaired) electrons. The molecule has 6 rings (SSSR count). The quantitative estimate of drug-likeness (QED) is 0.114. The van der Waals surface area contributed by atoms with Gasteiger partial charge in [0.05, 0.1) is 23.4 Å². The molecule has 2 N–H and O–H groups in total. The number of hydrogen-bond donors (Lipinski definition) is 2. The number of nitrogens with one attached hydrogen (secondary N) is 2. The number of fused-ring (bicyclic) bond motifs is 1. The number of aromatic nitrogens is 2. The molecule has 0 saturated carbocycles. The third-order valence-electron chi connectivity index (χ3n) is 8.94. The fraction of sp³-hybridized carbons (Fsp3) is 0.289. The molecule has 3 heterocycles. The number of amides is 4. The normalized spacial score (nSPS) is 15.8. The average Bonchev–Trinajstić information content (AvgIpc) is 3.37. The average molecular weight is 676 g/mol. The van der Waals surface area contributed by atoms with E-state index in [9.17, 15) is 24.0 Å². The van der Waals surface area contributed by atoms with Crippen LogP contribution in [0.25, 0.3) is 0 Å². The number of ketones is 1. The zero-order chi connectivity index (χ0) is 35.4. The lowest BCUT2D eigenvalue weighted by molar-refractivity contribution is -0.136. The Morgan fingerprint density at radius 2 is 1.60 bits per heavy atom. The van der Waals surface area contributed by atoms with Crippen molar-refractivity contribution in [2.75, 3.05) is 18.5 Å². The van der Waals surface area contributed by atoms with Gasteiger partial charge in [0, 0.05) is 37.2 Å². The van der Waals surface area contributed by atoms with Crippen molar-refractivity contribution in [2.24, 2.45) is 0 Å². The lowest BCUT2D eigenvalue weighted by atomic mass is 9.78. The van der Waals surface area contributed by atoms with Crippen molar-refractivity contribution < 1.29 is 33.4 Å². The Bertz CT molecular complexity index is 1960. The molecule has 50 heavy (non-hydrogen) atoms. The van der Waals surface area contributed by atoms with Gasteiger partial charge in [-0.1, -0.05) is 44.2 Å². The molecular formula is C38H37N5O7. The fourth-order valence-electron chi connectivity index (χ4n) is 6.05. The van der Waals surface area contributed by atoms with Crippen LogP contribution in [0.3, 0.4) is 0 Å². The van der Waals surface area contributed by atoms with Gasteiger partial charge in [0.2, 0.25) is 11.8 Å². The Morgan fingerprint density at radius 1 is 0.920 bits per heavy atom. The van der Waals surface area contributed by atoms with E-state index in [2.05, 4.69) is 34.4 Å². The van der Waals surface area contributed by atoms with E-state index in [0.29, 0.717) is 36.7 Å². The van der Waals surface area contributed by atoms with Gasteiger partial charge in [0.1, 0.15) is 24.1 Å². The third-order valence-corrected chi connectivity index (χ3v) is 8.94. The maximum absolute atomic E-state index is 13.3. The predicted octanol–water partition coefficient (Wildman–Crippen LogP) is 4.87. The number of hydrogen-bond acceptors (Lipinski definition) is 10. The zero-order valence-electron chi connectivity index (χ0n) is 28.0. The van der Waals surface area contributed by atoms with Gasteiger partial charge in [0.25, 0.3) is 11.8 Å². The Labute approximate surface area is 289 Å². The second-order valence-corrected chi connectivity index (χ2v) is 12.7. The van der Waals surface area contributed by atoms with Crippen LogP contribution in [0.2, 0.25) is 0 Å². The number of ether oxygens (including phenoxy) is 2. The first-order valence-electron chi connectivity index (χ1n) is 16.4. The standard InChI is InChI=1S/C38H37N5O7/c1-23(44)34-40-20-18-26(41-34)22-50-28-14-10-25(11-15-28)38(2,3)24-8-12-27(13-9-24)49-21-5-19-39-30-7-4-6-29-33(30)37(48)43(36(29)47)31-16-17-32(45)42-35(31)46/h4,6-15,18,20,31,39H,5,16-17,19,21-22H2,1-3H3,(H,42,45,46). The molecule has 4 amide bonds. The summed E-state index contributed by atoms with van der Waals surface area (Å²) >= 11 is 0. The Balaban J connectivity index is 0.988. The van der Waals surface area contributed by atoms with Crippen LogP contribution in [0.5, 0.6) is 11.5 Å². The summed E-state index contributed by atoms with van der Waals surface area (Å²) in [5, 5.41) is 5.45. The van der Waals surface area contributed by atoms with Crippen LogP contribution in [-0.2, 0) is 21.6 Å². The van der Waals surface area contributed by atoms with Gasteiger partial charge in [-0.15, -0.1) is 0 Å². The third kappa shape index (κ3) is 7.09. The molecule has 12 heteroatoms. The fourth-order valence-corrected chi connectivity index (χ4v) is 6.05. The minimum Gasteiger partial charge on any atom is -0.494 e. The van der Waals surface area contributed by atoms with Crippen molar-refractivity contribution in [3.63, 3.8) is 0 Å². The molecule has 1 saturated heterocycles. The van der Waals surface area contributed by atoms with E-state index in [4.69, 9.17) is 9.47 Å². The molecule has 1 unspecified atom stereocenters. The van der Waals surface area contributed by atoms with Crippen molar-refractivity contribution in [3.05, 3.63) is 113 Å². The topological polar surface area (TPSA) is 157 Å². The van der Waals surface area contributed by atoms with E-state index in [1.54, 1.807) is 30.5 Å². The zero-order valence-corrected chi connectivity index (χ0v) is 28.0. The number of benzene rings is 3. The first-order valence-corrected chi connectivity index (χ1v) is 16.4. The molecule has 1 fully saturated rings. The van der Waals surface area contributed by atoms with Crippen LogP contribution in [0.4, 0.5) is 5.69 Å². The summed E-state index contributed by atoms with van der Waals surface area (Å²) in [4.78, 5) is 71.0. The molecule has 0 spiro atoms. The van der Waals surface area contributed by atoms with Crippen molar-refractivity contribution in [3.8, 4) is 11.5 Å². The van der Waals surface area contributed by atoms with E-state index in [1.807, 2.05) is 48.5 Å². The number of Topliss-reactive ketones (excluding diaryl/α,β-unsaturated/α-hetero) is 1. The smallest absolute Gasteiger partial charge is 0.264 e. The molecule has 0 bridgehead atoms. The van der Waals surface area contributed by atoms with Crippen LogP contribution >= 0.6 is 0 Å². The highest BCUT2D eigenvalue weighted by molar-refractivity contribution is 6.25. The minimum absolute atomic E-state index is 0.0680. The maximum atomic E-state index is 13.3. The van der Waals surface area contributed by atoms with Crippen LogP contribution in [-0.4, -0.2) is 63.5 Å². The largest absolute Gasteiger partial charge is 0.494 e. The van der Waals surface area contributed by atoms with E-state index in [-0.39, 0.29) is 47.6 Å². The molecule has 1 atom stereocenters. The lowest BCUT2D eigenvalue weighted by Gasteiger charge is -2.27. The van der Waals surface area contributed by atoms with Crippen molar-refractivity contribution >= 4 is 35.1 Å². The number of piperidine rings is 1. The molecule has 4 aromatic rings. The van der Waals surface area contributed by atoms with Gasteiger partial charge in [-0.2, -0.15) is 0 Å². The number of rotatable bonds is 13. The van der Waals surface area contributed by atoms with Gasteiger partial charge in [-0.05, 0) is 66.4 Å². The highest BCUT2D eigenvalue weighted by atomic mass is 16.5. The second kappa shape index (κ2) is 14.3. The molecule has 2 aliphatic rings. The first-order chi connectivity index (χ1) is 24.0. The van der Waals surface area contributed by atoms with Crippen molar-refractivity contribution in [2.45, 2.75) is 58.1 Å². The maximum Gasteiger partial charge on any atom is 0.264 e. The molecule has 12 nitrogen and oxygen atoms in total. The SMILES string of the molecule is CC(=O)c1nccc(COc2ccc(C(C)(C)c3ccc(OCCCNc4cccc5c4C(=O)N(C4CCC(=O)NC4=O)C5=O)cc3)cc2)n1. The van der Waals surface area contributed by atoms with E-state index in [0.717, 1.165) is 21.8 Å². The van der Waals surface area contributed by atoms with Gasteiger partial charge in [0.15, 0.2) is 11.6 Å². The van der Waals surface area contributed by atoms with E-state index >= 15 is 0 Å². The summed E-state index contributed by atoms with van der Waals surface area (Å²) in [5.74, 6) is -0.737. The number of carbonyl (C=O) groups is 5. The van der Waals surface area contributed by atoms with Gasteiger partial charge in [-0.25, -0.2) is 9.97 Å². The summed E-state index contributed by atoms with van der Waals surface area (Å²) < 4.78 is 11.9. The van der Waals surface area contributed by atoms with E-state index in [1.165, 1.54) is 6.92 Å². The van der Waals surface area contributed by atoms with Crippen LogP contribution in [0.15, 0.2) is 79.0 Å².